The number of hydrogen-bond donors (Lipinski definition) is 8. The molecular formula is C97H154Cl2N10O32S2. The van der Waals surface area contributed by atoms with Crippen LogP contribution in [0.5, 0.6) is 11.5 Å². The van der Waals surface area contributed by atoms with E-state index < -0.39 is 88.9 Å². The summed E-state index contributed by atoms with van der Waals surface area (Å²) in [7, 11) is 12.3. The Balaban J connectivity index is 0.000000618. The molecule has 0 aromatic heterocycles. The molecule has 12 N–H and O–H groups in total. The Labute approximate surface area is 858 Å². The Morgan fingerprint density at radius 3 is 1.50 bits per heavy atom. The number of nitrogens with two attached hydrogens (primary N) is 2. The summed E-state index contributed by atoms with van der Waals surface area (Å²) in [4.78, 5) is 153. The van der Waals surface area contributed by atoms with Crippen LogP contribution in [0.4, 0.5) is 21.0 Å². The third kappa shape index (κ3) is 46.7. The fraction of sp³-hybridized carbons (Fsp3) is 0.670. The van der Waals surface area contributed by atoms with Gasteiger partial charge in [-0.05, 0) is 88.3 Å². The quantitative estimate of drug-likeness (QED) is 0.0143. The number of methoxy groups -OCH3 is 4. The Morgan fingerprint density at radius 1 is 0.594 bits per heavy atom. The third-order valence-electron chi connectivity index (χ3n) is 23.6. The number of alkyl carbamates (subject to hydrolysis) is 2. The summed E-state index contributed by atoms with van der Waals surface area (Å²) in [6.07, 6.45) is 10.0. The second kappa shape index (κ2) is 64.2. The van der Waals surface area contributed by atoms with Gasteiger partial charge in [-0.2, -0.15) is 0 Å². The van der Waals surface area contributed by atoms with Crippen LogP contribution < -0.4 is 52.0 Å². The van der Waals surface area contributed by atoms with Gasteiger partial charge in [0.2, 0.25) is 47.3 Å². The van der Waals surface area contributed by atoms with Crippen LogP contribution in [0, 0.1) is 0 Å². The maximum Gasteiger partial charge on any atom is 0.409 e. The van der Waals surface area contributed by atoms with E-state index in [0.29, 0.717) is 191 Å². The first kappa shape index (κ1) is 124. The molecule has 0 radical (unpaired) electrons. The van der Waals surface area contributed by atoms with Gasteiger partial charge in [0.15, 0.2) is 5.72 Å². The lowest BCUT2D eigenvalue weighted by molar-refractivity contribution is -0.157. The minimum atomic E-state index is -1.84. The van der Waals surface area contributed by atoms with Crippen molar-refractivity contribution in [2.45, 2.75) is 220 Å². The lowest BCUT2D eigenvalue weighted by Crippen LogP contribution is -2.62. The number of fused-ring (bicyclic) bond motifs is 10. The topological polar surface area (TPSA) is 553 Å². The summed E-state index contributed by atoms with van der Waals surface area (Å²) >= 11 is 16.2. The number of thioether (sulfide) groups is 2. The van der Waals surface area contributed by atoms with Crippen molar-refractivity contribution in [3.05, 3.63) is 93.0 Å². The number of esters is 1. The van der Waals surface area contributed by atoms with E-state index >= 15 is 0 Å². The summed E-state index contributed by atoms with van der Waals surface area (Å²) in [6, 6.07) is 7.18. The standard InChI is InChI=1S/C49H74ClN5O16S.C26H33ClN2O6.C22H41N3O9S.H2O.2H2/c1-32-10-9-11-37(64-8)49(62)29-34(69-46(61)53-49)27-39-48(4,71-39)38(28-43(59)55(6)35-25-33(24-32)26-36(63-7)45(35)50)70-44(60)30-54(5)42(58)12-14-47(2,3)72-31-41(57)52-15-17-66-19-21-68-23-22-67-20-18-65-16-13-40(51)56;1-15-6-5-7-20(32-3)18-13-17(34-26(31)28-18)14-22-21(35-22)8-9-24(30)29(2)19-11-16(10-15)12-23(33-4)25(19)27;1-22(2,6-4-20(28)25(3)16-21(29)30)35-17-19(27)24-7-9-32-11-13-34-15-14-33-12-10-31-8-5-18(23)26;;;/h9-11,25-26,34,37-39,62H,12-24,27-31H2,1-8H3,(H2,51,56)(H,52,57)(H,53,61);5-7,11-12,17-18,20-22H,8-10,13-14H2,1-4H3,(H,28,31);4-17H2,1-3H3,(H2,23,26)(H,24,27)(H,29,30);1H2;2*1H/b11-9+,32-10+;7-5+,15-6+;;;;/t34-,37-,38+,39?,48+,49+;17?,18?,20-,21?,22?;;;;/m11..../s1. The molecule has 2 aromatic rings. The number of benzene rings is 2. The number of primary amides is 2. The molecule has 8 rings (SSSR count). The van der Waals surface area contributed by atoms with Crippen molar-refractivity contribution in [2.24, 2.45) is 11.5 Å². The third-order valence-corrected chi connectivity index (χ3v) is 27.1. The number of hydrogen-bond acceptors (Lipinski definition) is 32. The molecule has 0 saturated carbocycles. The molecule has 6 aliphatic rings. The van der Waals surface area contributed by atoms with E-state index in [0.717, 1.165) is 22.3 Å². The summed E-state index contributed by atoms with van der Waals surface area (Å²) in [5.41, 5.74) is 11.7. The lowest BCUT2D eigenvalue weighted by Gasteiger charge is -2.40. The molecule has 810 valence electrons. The van der Waals surface area contributed by atoms with Gasteiger partial charge in [0.05, 0.1) is 180 Å². The van der Waals surface area contributed by atoms with E-state index in [4.69, 9.17) is 120 Å². The van der Waals surface area contributed by atoms with Gasteiger partial charge in [0, 0.05) is 126 Å². The molecule has 4 saturated heterocycles. The summed E-state index contributed by atoms with van der Waals surface area (Å²) in [6.45, 7) is 19.2. The number of epoxide rings is 2. The summed E-state index contributed by atoms with van der Waals surface area (Å²) < 4.78 is 93.5. The van der Waals surface area contributed by atoms with Crippen LogP contribution in [0.25, 0.3) is 0 Å². The molecule has 11 atom stereocenters. The highest BCUT2D eigenvalue weighted by molar-refractivity contribution is 8.01. The van der Waals surface area contributed by atoms with Gasteiger partial charge in [0.25, 0.3) is 0 Å². The van der Waals surface area contributed by atoms with Crippen molar-refractivity contribution in [1.82, 2.24) is 31.1 Å². The van der Waals surface area contributed by atoms with E-state index in [1.54, 1.807) is 64.4 Å². The van der Waals surface area contributed by atoms with E-state index in [1.807, 2.05) is 78.0 Å². The van der Waals surface area contributed by atoms with Gasteiger partial charge in [-0.25, -0.2) is 9.59 Å². The fourth-order valence-corrected chi connectivity index (χ4v) is 17.5. The van der Waals surface area contributed by atoms with Crippen molar-refractivity contribution in [3.63, 3.8) is 0 Å². The number of aliphatic hydroxyl groups is 1. The molecule has 143 heavy (non-hydrogen) atoms. The second-order valence-corrected chi connectivity index (χ2v) is 40.3. The predicted octanol–water partition coefficient (Wildman–Crippen LogP) is 6.97. The van der Waals surface area contributed by atoms with Gasteiger partial charge in [0.1, 0.15) is 64.7 Å². The van der Waals surface area contributed by atoms with Crippen molar-refractivity contribution in [1.29, 1.82) is 0 Å². The maximum atomic E-state index is 14.2. The number of carboxylic acid groups (broad SMARTS) is 1. The molecule has 10 amide bonds. The first-order valence-electron chi connectivity index (χ1n) is 47.3. The number of halogens is 2. The largest absolute Gasteiger partial charge is 0.495 e. The van der Waals surface area contributed by atoms with E-state index in [1.165, 1.54) is 66.5 Å². The molecule has 46 heteroatoms. The normalized spacial score (nSPS) is 23.0. The van der Waals surface area contributed by atoms with Crippen molar-refractivity contribution >= 4 is 129 Å². The highest BCUT2D eigenvalue weighted by Gasteiger charge is 2.62. The molecule has 6 aliphatic heterocycles. The fourth-order valence-electron chi connectivity index (χ4n) is 15.2. The monoisotopic (exact) mass is 2100 g/mol. The molecule has 0 aliphatic carbocycles. The van der Waals surface area contributed by atoms with E-state index in [-0.39, 0.29) is 148 Å². The maximum absolute atomic E-state index is 14.2. The number of aliphatic carboxylic acids is 1. The van der Waals surface area contributed by atoms with Crippen LogP contribution in [0.2, 0.25) is 10.0 Å². The lowest BCUT2D eigenvalue weighted by atomic mass is 9.90. The second-order valence-electron chi connectivity index (χ2n) is 36.2. The van der Waals surface area contributed by atoms with Gasteiger partial charge in [-0.1, -0.05) is 98.5 Å². The first-order valence-corrected chi connectivity index (χ1v) is 50.0. The number of carboxylic acids is 1. The van der Waals surface area contributed by atoms with Gasteiger partial charge in [-0.3, -0.25) is 53.3 Å². The number of amides is 10. The summed E-state index contributed by atoms with van der Waals surface area (Å²) in [5.74, 6) is -2.73. The van der Waals surface area contributed by atoms with Crippen molar-refractivity contribution < 1.29 is 157 Å². The number of likely N-dealkylation sites (N-methyl/N-ethyl adjacent to an activating group) is 2. The zero-order valence-electron chi connectivity index (χ0n) is 84.9. The molecule has 0 spiro atoms. The molecule has 2 aromatic carbocycles. The number of nitrogens with one attached hydrogen (secondary N) is 4. The first-order chi connectivity index (χ1) is 67.4. The Morgan fingerprint density at radius 2 is 1.04 bits per heavy atom. The molecule has 42 nitrogen and oxygen atoms in total. The van der Waals surface area contributed by atoms with E-state index in [2.05, 4.69) is 21.3 Å². The molecule has 4 fully saturated rings. The smallest absolute Gasteiger partial charge is 0.409 e. The Kier molecular flexibility index (Phi) is 55.8. The van der Waals surface area contributed by atoms with Crippen LogP contribution in [0.1, 0.15) is 146 Å². The van der Waals surface area contributed by atoms with Gasteiger partial charge in [-0.15, -0.1) is 23.5 Å². The number of carbonyl (C=O) groups excluding carboxylic acids is 11. The van der Waals surface area contributed by atoms with Crippen molar-refractivity contribution in [3.8, 4) is 11.5 Å². The molecule has 5 unspecified atom stereocenters. The number of nitrogens with zero attached hydrogens (tertiary/aromatic N) is 4. The van der Waals surface area contributed by atoms with Gasteiger partial charge < -0.3 is 143 Å². The number of allylic oxidation sites excluding steroid dienone is 6. The zero-order valence-corrected chi connectivity index (χ0v) is 88.0. The SMILES string of the molecule is CN(CC(=O)O)C(=O)CCC(C)(C)SCC(=O)NCCOCCOCCOCCOCCC(N)=O.COc1cc2cc(c1Cl)N(C)C(=O)CCC1OC1CC1CC(NC(=O)O1)[C@H](OC)/C=C/C=C(\C)C2.COc1cc2cc(c1Cl)N(C)C(=O)C[C@H](OC(=O)CN(C)C(=O)CCC(C)(C)SCC(=O)NCCOCCOCCOCCOCCC(N)=O)[C@]1(C)OC1C[C@@H]1C[C@@](O)(NC(=O)O1)[C@H](OC)/C=C/C=C(\C)C2.O.[HH].[HH]. The number of anilines is 2. The highest BCUT2D eigenvalue weighted by Crippen LogP contribution is 2.48. The molecular weight excluding hydrogens is 1950 g/mol. The van der Waals surface area contributed by atoms with Crippen LogP contribution >= 0.6 is 46.7 Å². The summed E-state index contributed by atoms with van der Waals surface area (Å²) in [5, 5.41) is 32.0. The molecule has 8 bridgehead atoms. The predicted molar refractivity (Wildman–Crippen MR) is 540 cm³/mol. The van der Waals surface area contributed by atoms with E-state index in [9.17, 15) is 62.6 Å². The van der Waals surface area contributed by atoms with Crippen LogP contribution in [-0.2, 0) is 132 Å². The Hall–Kier alpha value is -9.04. The minimum absolute atomic E-state index is 0. The zero-order chi connectivity index (χ0) is 105. The average molecular weight is 2110 g/mol. The van der Waals surface area contributed by atoms with Crippen LogP contribution in [0.3, 0.4) is 0 Å². The van der Waals surface area contributed by atoms with Crippen LogP contribution in [0.15, 0.2) is 71.9 Å². The van der Waals surface area contributed by atoms with Crippen LogP contribution in [-0.4, -0.2) is 373 Å². The van der Waals surface area contributed by atoms with Crippen molar-refractivity contribution in [2.75, 3.05) is 210 Å². The average Bonchev–Trinajstić information content (AvgIpc) is 1.58. The minimum Gasteiger partial charge on any atom is -0.495 e. The van der Waals surface area contributed by atoms with Gasteiger partial charge >= 0.3 is 24.1 Å². The highest BCUT2D eigenvalue weighted by atomic mass is 35.5. The Bertz CT molecular complexity index is 4570. The number of ether oxygens (including phenoxy) is 17. The molecule has 6 heterocycles. The number of carbonyl (C=O) groups is 12. The number of rotatable bonds is 51.